The molecular weight excluding hydrogens is 228 g/mol. The fourth-order valence-corrected chi connectivity index (χ4v) is 1.01. The van der Waals surface area contributed by atoms with E-state index in [0.717, 1.165) is 4.90 Å². The summed E-state index contributed by atoms with van der Waals surface area (Å²) in [4.78, 5) is 33.4. The van der Waals surface area contributed by atoms with E-state index in [1.165, 1.54) is 0 Å². The lowest BCUT2D eigenvalue weighted by molar-refractivity contribution is -0.149. The number of aliphatic carboxylic acids is 2. The molecule has 7 heteroatoms. The van der Waals surface area contributed by atoms with Gasteiger partial charge in [-0.1, -0.05) is 0 Å². The fraction of sp³-hybridized carbons (Fsp3) is 0.700. The molecule has 0 aromatic rings. The first kappa shape index (κ1) is 15.4. The molecular formula is C10H18N2O5. The Morgan fingerprint density at radius 3 is 1.76 bits per heavy atom. The molecule has 0 atom stereocenters. The third-order valence-electron chi connectivity index (χ3n) is 1.77. The Balaban J connectivity index is 4.42. The average Bonchev–Trinajstić information content (AvgIpc) is 2.10. The Morgan fingerprint density at radius 1 is 1.06 bits per heavy atom. The summed E-state index contributed by atoms with van der Waals surface area (Å²) in [5, 5.41) is 20.0. The Morgan fingerprint density at radius 2 is 1.47 bits per heavy atom. The van der Waals surface area contributed by atoms with Gasteiger partial charge < -0.3 is 20.4 Å². The molecule has 0 rings (SSSR count). The van der Waals surface area contributed by atoms with Crippen molar-refractivity contribution in [2.45, 2.75) is 26.3 Å². The number of rotatable bonds is 6. The number of hydrogen-bond acceptors (Lipinski definition) is 4. The summed E-state index contributed by atoms with van der Waals surface area (Å²) in [5.41, 5.74) is -0.298. The van der Waals surface area contributed by atoms with Crippen LogP contribution in [0.3, 0.4) is 0 Å². The molecule has 98 valence electrons. The maximum absolute atomic E-state index is 11.6. The maximum Gasteiger partial charge on any atom is 0.323 e. The van der Waals surface area contributed by atoms with Gasteiger partial charge in [-0.15, -0.1) is 0 Å². The van der Waals surface area contributed by atoms with Crippen LogP contribution in [-0.2, 0) is 14.4 Å². The summed E-state index contributed by atoms with van der Waals surface area (Å²) >= 11 is 0. The van der Waals surface area contributed by atoms with E-state index in [1.807, 2.05) is 20.8 Å². The van der Waals surface area contributed by atoms with Gasteiger partial charge in [0.1, 0.15) is 13.1 Å². The molecule has 0 unspecified atom stereocenters. The zero-order valence-electron chi connectivity index (χ0n) is 10.2. The van der Waals surface area contributed by atoms with Gasteiger partial charge in [-0.05, 0) is 20.8 Å². The van der Waals surface area contributed by atoms with E-state index in [0.29, 0.717) is 0 Å². The standard InChI is InChI=1S/C10H18N2O5/c1-10(2,3)11-4-7(13)12(5-8(14)15)6-9(16)17/h11H,4-6H2,1-3H3,(H,14,15)(H,16,17). The molecule has 0 aliphatic heterocycles. The molecule has 3 N–H and O–H groups in total. The minimum absolute atomic E-state index is 0.0932. The number of carboxylic acid groups (broad SMARTS) is 2. The van der Waals surface area contributed by atoms with Crippen LogP contribution in [0.25, 0.3) is 0 Å². The molecule has 0 saturated carbocycles. The highest BCUT2D eigenvalue weighted by Gasteiger charge is 2.21. The summed E-state index contributed by atoms with van der Waals surface area (Å²) in [6.45, 7) is 4.22. The van der Waals surface area contributed by atoms with Gasteiger partial charge in [0, 0.05) is 5.54 Å². The molecule has 0 bridgehead atoms. The lowest BCUT2D eigenvalue weighted by Gasteiger charge is -2.23. The topological polar surface area (TPSA) is 107 Å². The second kappa shape index (κ2) is 6.19. The minimum Gasteiger partial charge on any atom is -0.480 e. The van der Waals surface area contributed by atoms with Crippen molar-refractivity contribution in [2.75, 3.05) is 19.6 Å². The van der Waals surface area contributed by atoms with Gasteiger partial charge in [-0.2, -0.15) is 0 Å². The Hall–Kier alpha value is -1.63. The van der Waals surface area contributed by atoms with Crippen molar-refractivity contribution in [2.24, 2.45) is 0 Å². The second-order valence-electron chi connectivity index (χ2n) is 4.64. The third-order valence-corrected chi connectivity index (χ3v) is 1.77. The number of carbonyl (C=O) groups excluding carboxylic acids is 1. The monoisotopic (exact) mass is 246 g/mol. The van der Waals surface area contributed by atoms with Crippen LogP contribution in [0.1, 0.15) is 20.8 Å². The highest BCUT2D eigenvalue weighted by molar-refractivity contribution is 5.86. The maximum atomic E-state index is 11.6. The normalized spacial score (nSPS) is 11.0. The largest absolute Gasteiger partial charge is 0.480 e. The number of carbonyl (C=O) groups is 3. The van der Waals surface area contributed by atoms with Crippen molar-refractivity contribution in [3.63, 3.8) is 0 Å². The molecule has 0 spiro atoms. The fourth-order valence-electron chi connectivity index (χ4n) is 1.01. The summed E-state index contributed by atoms with van der Waals surface area (Å²) in [7, 11) is 0. The molecule has 0 fully saturated rings. The Labute approximate surface area is 99.4 Å². The number of carboxylic acids is 2. The molecule has 0 aliphatic rings. The Kier molecular flexibility index (Phi) is 5.60. The molecule has 0 aromatic heterocycles. The summed E-state index contributed by atoms with van der Waals surface area (Å²) in [6, 6.07) is 0. The van der Waals surface area contributed by atoms with E-state index in [2.05, 4.69) is 5.32 Å². The predicted molar refractivity (Wildman–Crippen MR) is 59.6 cm³/mol. The number of nitrogens with zero attached hydrogens (tertiary/aromatic N) is 1. The van der Waals surface area contributed by atoms with E-state index in [-0.39, 0.29) is 12.1 Å². The molecule has 0 heterocycles. The zero-order valence-corrected chi connectivity index (χ0v) is 10.2. The quantitative estimate of drug-likeness (QED) is 0.576. The number of hydrogen-bond donors (Lipinski definition) is 3. The van der Waals surface area contributed by atoms with Crippen molar-refractivity contribution < 1.29 is 24.6 Å². The van der Waals surface area contributed by atoms with Gasteiger partial charge >= 0.3 is 11.9 Å². The third kappa shape index (κ3) is 8.21. The first-order valence-corrected chi connectivity index (χ1v) is 5.08. The molecule has 0 saturated heterocycles. The molecule has 0 radical (unpaired) electrons. The van der Waals surface area contributed by atoms with Gasteiger partial charge in [-0.25, -0.2) is 0 Å². The lowest BCUT2D eigenvalue weighted by atomic mass is 10.1. The van der Waals surface area contributed by atoms with Gasteiger partial charge in [0.25, 0.3) is 0 Å². The molecule has 7 nitrogen and oxygen atoms in total. The molecule has 0 aliphatic carbocycles. The zero-order chi connectivity index (χ0) is 13.6. The van der Waals surface area contributed by atoms with Crippen molar-refractivity contribution in [3.8, 4) is 0 Å². The highest BCUT2D eigenvalue weighted by atomic mass is 16.4. The van der Waals surface area contributed by atoms with Crippen LogP contribution in [-0.4, -0.2) is 58.1 Å². The summed E-state index contributed by atoms with van der Waals surface area (Å²) in [6.07, 6.45) is 0. The van der Waals surface area contributed by atoms with Crippen LogP contribution in [0.2, 0.25) is 0 Å². The first-order chi connectivity index (χ1) is 7.61. The van der Waals surface area contributed by atoms with Crippen LogP contribution < -0.4 is 5.32 Å². The van der Waals surface area contributed by atoms with Crippen LogP contribution in [0, 0.1) is 0 Å². The van der Waals surface area contributed by atoms with Crippen LogP contribution in [0.15, 0.2) is 0 Å². The Bertz CT molecular complexity index is 292. The summed E-state index contributed by atoms with van der Waals surface area (Å²) < 4.78 is 0. The van der Waals surface area contributed by atoms with Crippen LogP contribution >= 0.6 is 0 Å². The van der Waals surface area contributed by atoms with Gasteiger partial charge in [0.2, 0.25) is 5.91 Å². The van der Waals surface area contributed by atoms with Crippen molar-refractivity contribution in [1.82, 2.24) is 10.2 Å². The van der Waals surface area contributed by atoms with Gasteiger partial charge in [0.15, 0.2) is 0 Å². The van der Waals surface area contributed by atoms with Crippen LogP contribution in [0.4, 0.5) is 0 Å². The van der Waals surface area contributed by atoms with Crippen molar-refractivity contribution in [1.29, 1.82) is 0 Å². The van der Waals surface area contributed by atoms with E-state index in [4.69, 9.17) is 10.2 Å². The first-order valence-electron chi connectivity index (χ1n) is 5.08. The van der Waals surface area contributed by atoms with Crippen LogP contribution in [0.5, 0.6) is 0 Å². The predicted octanol–water partition coefficient (Wildman–Crippen LogP) is -0.628. The highest BCUT2D eigenvalue weighted by Crippen LogP contribution is 1.98. The SMILES string of the molecule is CC(C)(C)NCC(=O)N(CC(=O)O)CC(=O)O. The van der Waals surface area contributed by atoms with Gasteiger partial charge in [-0.3, -0.25) is 14.4 Å². The van der Waals surface area contributed by atoms with Crippen molar-refractivity contribution in [3.05, 3.63) is 0 Å². The van der Waals surface area contributed by atoms with E-state index in [9.17, 15) is 14.4 Å². The second-order valence-corrected chi connectivity index (χ2v) is 4.64. The van der Waals surface area contributed by atoms with Crippen molar-refractivity contribution >= 4 is 17.8 Å². The lowest BCUT2D eigenvalue weighted by Crippen LogP contribution is -2.47. The van der Waals surface area contributed by atoms with E-state index < -0.39 is 30.9 Å². The smallest absolute Gasteiger partial charge is 0.323 e. The van der Waals surface area contributed by atoms with E-state index >= 15 is 0 Å². The molecule has 17 heavy (non-hydrogen) atoms. The van der Waals surface area contributed by atoms with Gasteiger partial charge in [0.05, 0.1) is 6.54 Å². The van der Waals surface area contributed by atoms with E-state index in [1.54, 1.807) is 0 Å². The molecule has 1 amide bonds. The molecule has 0 aromatic carbocycles. The number of amides is 1. The average molecular weight is 246 g/mol. The minimum atomic E-state index is -1.24. The number of nitrogens with one attached hydrogen (secondary N) is 1. The summed E-state index contributed by atoms with van der Waals surface area (Å²) in [5.74, 6) is -3.03.